The van der Waals surface area contributed by atoms with Gasteiger partial charge in [0, 0.05) is 25.4 Å². The van der Waals surface area contributed by atoms with E-state index in [1.165, 1.54) is 5.01 Å². The molecular formula is C20H28N4O4. The summed E-state index contributed by atoms with van der Waals surface area (Å²) in [6.45, 7) is 0.493. The number of hydrogen-bond acceptors (Lipinski definition) is 6. The summed E-state index contributed by atoms with van der Waals surface area (Å²) in [4.78, 5) is 40.8. The molecule has 2 N–H and O–H groups in total. The second kappa shape index (κ2) is 9.75. The van der Waals surface area contributed by atoms with Gasteiger partial charge in [0.05, 0.1) is 12.5 Å². The van der Waals surface area contributed by atoms with Gasteiger partial charge in [-0.15, -0.1) is 0 Å². The number of carbonyl (C=O) groups is 3. The van der Waals surface area contributed by atoms with E-state index < -0.39 is 12.0 Å². The number of carbonyl (C=O) groups excluding carboxylic acids is 3. The lowest BCUT2D eigenvalue weighted by Gasteiger charge is -2.30. The normalized spacial score (nSPS) is 20.9. The molecule has 0 unspecified atom stereocenters. The molecule has 1 saturated heterocycles. The minimum Gasteiger partial charge on any atom is -0.297 e. The zero-order valence-electron chi connectivity index (χ0n) is 16.0. The maximum atomic E-state index is 13.2. The largest absolute Gasteiger partial charge is 0.297 e. The van der Waals surface area contributed by atoms with Gasteiger partial charge in [-0.3, -0.25) is 29.6 Å². The molecule has 2 amide bonds. The first-order valence-corrected chi connectivity index (χ1v) is 9.97. The number of Topliss-reactive ketones (excluding diaryl/α,β-unsaturated/α-hetero) is 1. The van der Waals surface area contributed by atoms with E-state index in [1.54, 1.807) is 24.5 Å². The summed E-state index contributed by atoms with van der Waals surface area (Å²) < 4.78 is 0. The van der Waals surface area contributed by atoms with Gasteiger partial charge in [0.1, 0.15) is 6.04 Å². The molecule has 28 heavy (non-hydrogen) atoms. The average Bonchev–Trinajstić information content (AvgIpc) is 3.39. The van der Waals surface area contributed by atoms with Crippen LogP contribution in [0.5, 0.6) is 0 Å². The summed E-state index contributed by atoms with van der Waals surface area (Å²) in [5, 5.41) is 11.6. The Morgan fingerprint density at radius 1 is 1.29 bits per heavy atom. The van der Waals surface area contributed by atoms with Crippen molar-refractivity contribution in [1.82, 2.24) is 20.5 Å². The van der Waals surface area contributed by atoms with E-state index in [0.717, 1.165) is 31.2 Å². The first kappa shape index (κ1) is 20.4. The number of hydroxylamine groups is 2. The molecule has 152 valence electrons. The third-order valence-corrected chi connectivity index (χ3v) is 5.72. The van der Waals surface area contributed by atoms with Crippen molar-refractivity contribution in [2.75, 3.05) is 13.1 Å². The molecule has 2 heterocycles. The predicted molar refractivity (Wildman–Crippen MR) is 101 cm³/mol. The Labute approximate surface area is 164 Å². The predicted octanol–water partition coefficient (Wildman–Crippen LogP) is 1.34. The van der Waals surface area contributed by atoms with Crippen molar-refractivity contribution in [2.24, 2.45) is 11.8 Å². The quantitative estimate of drug-likeness (QED) is 0.376. The Hall–Kier alpha value is -2.32. The fourth-order valence-corrected chi connectivity index (χ4v) is 4.28. The summed E-state index contributed by atoms with van der Waals surface area (Å²) in [6, 6.07) is 3.06. The van der Waals surface area contributed by atoms with E-state index in [2.05, 4.69) is 10.4 Å². The summed E-state index contributed by atoms with van der Waals surface area (Å²) in [5.74, 6) is -0.360. The molecule has 1 aromatic heterocycles. The van der Waals surface area contributed by atoms with Gasteiger partial charge in [-0.1, -0.05) is 25.7 Å². The Balaban J connectivity index is 1.68. The average molecular weight is 388 g/mol. The fraction of sp³-hybridized carbons (Fsp3) is 0.600. The van der Waals surface area contributed by atoms with E-state index >= 15 is 0 Å². The monoisotopic (exact) mass is 388 g/mol. The Morgan fingerprint density at radius 2 is 2.00 bits per heavy atom. The van der Waals surface area contributed by atoms with Gasteiger partial charge in [-0.05, 0) is 36.5 Å². The molecule has 8 nitrogen and oxygen atoms in total. The van der Waals surface area contributed by atoms with Gasteiger partial charge in [-0.25, -0.2) is 10.5 Å². The second-order valence-corrected chi connectivity index (χ2v) is 7.73. The maximum Gasteiger partial charge on any atom is 0.242 e. The third-order valence-electron chi connectivity index (χ3n) is 5.72. The van der Waals surface area contributed by atoms with Gasteiger partial charge in [0.25, 0.3) is 0 Å². The van der Waals surface area contributed by atoms with Crippen molar-refractivity contribution in [3.8, 4) is 0 Å². The van der Waals surface area contributed by atoms with Crippen molar-refractivity contribution in [3.63, 3.8) is 0 Å². The Kier molecular flexibility index (Phi) is 7.11. The van der Waals surface area contributed by atoms with Crippen LogP contribution in [-0.2, 0) is 20.8 Å². The zero-order chi connectivity index (χ0) is 19.9. The Morgan fingerprint density at radius 3 is 2.68 bits per heavy atom. The van der Waals surface area contributed by atoms with Crippen LogP contribution in [0.15, 0.2) is 24.5 Å². The first-order chi connectivity index (χ1) is 13.6. The van der Waals surface area contributed by atoms with Crippen LogP contribution in [0, 0.1) is 11.8 Å². The SMILES string of the molecule is O=CN(O)C[C@@H](CC1CCCC1)C(=O)N1NCC[C@H]1C(=O)Cc1ccncc1. The van der Waals surface area contributed by atoms with E-state index in [4.69, 9.17) is 0 Å². The standard InChI is InChI=1S/C20H28N4O4/c25-14-23(28)13-17(11-15-3-1-2-4-15)20(27)24-18(7-10-22-24)19(26)12-16-5-8-21-9-6-16/h5-6,8-9,14-15,17-18,22,28H,1-4,7,10-13H2/t17-,18+/m1/s1. The summed E-state index contributed by atoms with van der Waals surface area (Å²) in [7, 11) is 0. The number of amides is 2. The molecule has 0 spiro atoms. The highest BCUT2D eigenvalue weighted by atomic mass is 16.5. The molecule has 0 bridgehead atoms. The minimum absolute atomic E-state index is 0.0274. The van der Waals surface area contributed by atoms with Crippen LogP contribution in [0.4, 0.5) is 0 Å². The molecule has 0 radical (unpaired) electrons. The van der Waals surface area contributed by atoms with Gasteiger partial charge in [-0.2, -0.15) is 0 Å². The first-order valence-electron chi connectivity index (χ1n) is 9.97. The smallest absolute Gasteiger partial charge is 0.242 e. The van der Waals surface area contributed by atoms with Gasteiger partial charge >= 0.3 is 0 Å². The summed E-state index contributed by atoms with van der Waals surface area (Å²) in [5.41, 5.74) is 3.90. The number of pyridine rings is 1. The maximum absolute atomic E-state index is 13.2. The van der Waals surface area contributed by atoms with Crippen LogP contribution in [0.3, 0.4) is 0 Å². The number of nitrogens with zero attached hydrogens (tertiary/aromatic N) is 3. The van der Waals surface area contributed by atoms with Crippen molar-refractivity contribution >= 4 is 18.1 Å². The molecule has 2 fully saturated rings. The second-order valence-electron chi connectivity index (χ2n) is 7.73. The van der Waals surface area contributed by atoms with Crippen LogP contribution in [0.25, 0.3) is 0 Å². The molecular weight excluding hydrogens is 360 g/mol. The van der Waals surface area contributed by atoms with Crippen LogP contribution in [0.1, 0.15) is 44.1 Å². The van der Waals surface area contributed by atoms with E-state index in [1.807, 2.05) is 0 Å². The van der Waals surface area contributed by atoms with E-state index in [0.29, 0.717) is 36.8 Å². The van der Waals surface area contributed by atoms with E-state index in [9.17, 15) is 19.6 Å². The summed E-state index contributed by atoms with van der Waals surface area (Å²) in [6.07, 6.45) is 9.45. The lowest BCUT2D eigenvalue weighted by Crippen LogP contribution is -2.50. The van der Waals surface area contributed by atoms with Gasteiger partial charge < -0.3 is 0 Å². The number of aromatic nitrogens is 1. The molecule has 2 atom stereocenters. The molecule has 8 heteroatoms. The van der Waals surface area contributed by atoms with Crippen LogP contribution < -0.4 is 5.43 Å². The molecule has 1 aliphatic heterocycles. The van der Waals surface area contributed by atoms with Crippen molar-refractivity contribution < 1.29 is 19.6 Å². The van der Waals surface area contributed by atoms with Gasteiger partial charge in [0.15, 0.2) is 5.78 Å². The van der Waals surface area contributed by atoms with Gasteiger partial charge in [0.2, 0.25) is 12.3 Å². The molecule has 1 saturated carbocycles. The molecule has 1 aromatic rings. The van der Waals surface area contributed by atoms with Crippen molar-refractivity contribution in [2.45, 2.75) is 51.0 Å². The highest BCUT2D eigenvalue weighted by Crippen LogP contribution is 2.31. The molecule has 1 aliphatic carbocycles. The van der Waals surface area contributed by atoms with Crippen LogP contribution >= 0.6 is 0 Å². The highest BCUT2D eigenvalue weighted by molar-refractivity contribution is 5.91. The van der Waals surface area contributed by atoms with Crippen LogP contribution in [0.2, 0.25) is 0 Å². The number of rotatable bonds is 9. The number of ketones is 1. The summed E-state index contributed by atoms with van der Waals surface area (Å²) >= 11 is 0. The number of hydrogen-bond donors (Lipinski definition) is 2. The lowest BCUT2D eigenvalue weighted by molar-refractivity contribution is -0.159. The number of hydrazine groups is 1. The molecule has 3 rings (SSSR count). The zero-order valence-corrected chi connectivity index (χ0v) is 16.0. The van der Waals surface area contributed by atoms with Crippen molar-refractivity contribution in [1.29, 1.82) is 0 Å². The highest BCUT2D eigenvalue weighted by Gasteiger charge is 2.38. The van der Waals surface area contributed by atoms with Crippen molar-refractivity contribution in [3.05, 3.63) is 30.1 Å². The fourth-order valence-electron chi connectivity index (χ4n) is 4.28. The van der Waals surface area contributed by atoms with Crippen LogP contribution in [-0.4, -0.2) is 57.5 Å². The van der Waals surface area contributed by atoms with E-state index in [-0.39, 0.29) is 24.7 Å². The Bertz CT molecular complexity index is 678. The molecule has 2 aliphatic rings. The lowest BCUT2D eigenvalue weighted by atomic mass is 9.91. The third kappa shape index (κ3) is 5.14. The number of nitrogens with one attached hydrogen (secondary N) is 1. The minimum atomic E-state index is -0.532. The molecule has 0 aromatic carbocycles. The topological polar surface area (TPSA) is 103 Å².